The van der Waals surface area contributed by atoms with Gasteiger partial charge in [-0.05, 0) is 46.7 Å². The molecule has 1 saturated heterocycles. The zero-order valence-electron chi connectivity index (χ0n) is 15.5. The van der Waals surface area contributed by atoms with E-state index in [0.29, 0.717) is 0 Å². The Morgan fingerprint density at radius 3 is 1.38 bits per heavy atom. The molecule has 0 aromatic carbocycles. The molecule has 1 nitrogen and oxygen atoms in total. The first kappa shape index (κ1) is 26.6. The van der Waals surface area contributed by atoms with Crippen LogP contribution < -0.4 is 0 Å². The van der Waals surface area contributed by atoms with E-state index in [0.717, 1.165) is 6.23 Å². The smallest absolute Gasteiger partial charge is 0.331 e. The van der Waals surface area contributed by atoms with Crippen LogP contribution in [0.5, 0.6) is 0 Å². The molecule has 26 heavy (non-hydrogen) atoms. The summed E-state index contributed by atoms with van der Waals surface area (Å²) in [6.07, 6.45) is 8.01. The van der Waals surface area contributed by atoms with Crippen LogP contribution >= 0.6 is 89.7 Å². The zero-order chi connectivity index (χ0) is 19.9. The lowest BCUT2D eigenvalue weighted by Gasteiger charge is -2.60. The summed E-state index contributed by atoms with van der Waals surface area (Å²) in [7, 11) is 0. The second kappa shape index (κ2) is 11.8. The fraction of sp³-hybridized carbons (Fsp3) is 0.385. The van der Waals surface area contributed by atoms with E-state index in [-0.39, 0.29) is 0 Å². The fourth-order valence-corrected chi connectivity index (χ4v) is 204. The van der Waals surface area contributed by atoms with Gasteiger partial charge in [-0.15, -0.1) is 44.8 Å². The average Bonchev–Trinajstić information content (AvgIpc) is 2.65. The van der Waals surface area contributed by atoms with Gasteiger partial charge >= 0.3 is 6.13 Å². The molecule has 148 valence electrons. The third-order valence-electron chi connectivity index (χ3n) is 4.00. The normalized spacial score (nSPS) is 22.3. The van der Waals surface area contributed by atoms with Gasteiger partial charge < -0.3 is 4.43 Å². The predicted octanol–water partition coefficient (Wildman–Crippen LogP) is 7.02. The lowest BCUT2D eigenvalue weighted by atomic mass is 11.3. The van der Waals surface area contributed by atoms with Crippen molar-refractivity contribution in [2.45, 2.75) is 0 Å². The van der Waals surface area contributed by atoms with Gasteiger partial charge in [-0.2, -0.15) is 44.8 Å². The molecule has 0 radical (unpaired) electrons. The molecule has 0 aromatic rings. The Kier molecular flexibility index (Phi) is 12.1. The first-order valence-corrected chi connectivity index (χ1v) is 32.8. The van der Waals surface area contributed by atoms with E-state index < -0.39 is 22.8 Å². The molecule has 1 aliphatic rings. The van der Waals surface area contributed by atoms with Gasteiger partial charge in [0.2, 0.25) is 16.7 Å². The lowest BCUT2D eigenvalue weighted by molar-refractivity contribution is 0.409. The minimum Gasteiger partial charge on any atom is -0.401 e. The summed E-state index contributed by atoms with van der Waals surface area (Å²) < 4.78 is 7.00. The third kappa shape index (κ3) is 4.17. The first-order chi connectivity index (χ1) is 12.4. The molecule has 1 rings (SSSR count). The highest BCUT2D eigenvalue weighted by Crippen LogP contribution is 2.67. The molecule has 0 atom stereocenters. The average molecular weight is 567 g/mol. The maximum Gasteiger partial charge on any atom is 0.331 e. The molecular weight excluding hydrogens is 541 g/mol. The molecule has 0 aliphatic carbocycles. The molecular formula is C13H26OS8Si4. The Labute approximate surface area is 194 Å². The number of rotatable bonds is 12. The topological polar surface area (TPSA) is 9.23 Å². The Morgan fingerprint density at radius 1 is 0.654 bits per heavy atom. The molecule has 1 heterocycles. The van der Waals surface area contributed by atoms with Crippen molar-refractivity contribution in [1.29, 1.82) is 0 Å². The third-order valence-corrected chi connectivity index (χ3v) is 139. The van der Waals surface area contributed by atoms with Gasteiger partial charge in [0, 0.05) is 6.23 Å². The van der Waals surface area contributed by atoms with E-state index in [1.165, 1.54) is 0 Å². The largest absolute Gasteiger partial charge is 0.401 e. The summed E-state index contributed by atoms with van der Waals surface area (Å²) in [5.74, 6) is -1.73. The predicted molar refractivity (Wildman–Crippen MR) is 154 cm³/mol. The molecule has 0 N–H and O–H groups in total. The Balaban J connectivity index is 3.93. The summed E-state index contributed by atoms with van der Waals surface area (Å²) in [5, 5.41) is 4.28. The Morgan fingerprint density at radius 2 is 1.08 bits per heavy atom. The number of hydrogen-bond donors (Lipinski definition) is 0. The van der Waals surface area contributed by atoms with Gasteiger partial charge in [-0.1, -0.05) is 26.3 Å². The van der Waals surface area contributed by atoms with Crippen molar-refractivity contribution < 1.29 is 4.43 Å². The zero-order valence-corrected chi connectivity index (χ0v) is 26.1. The molecule has 0 spiro atoms. The van der Waals surface area contributed by atoms with Crippen LogP contribution in [-0.2, 0) is 4.43 Å². The summed E-state index contributed by atoms with van der Waals surface area (Å²) in [5.41, 5.74) is 0. The lowest BCUT2D eigenvalue weighted by Crippen LogP contribution is -2.84. The fourth-order valence-electron chi connectivity index (χ4n) is 3.00. The van der Waals surface area contributed by atoms with Crippen LogP contribution in [0.1, 0.15) is 0 Å². The molecule has 0 amide bonds. The van der Waals surface area contributed by atoms with E-state index in [4.69, 9.17) is 4.43 Å². The first-order valence-electron chi connectivity index (χ1n) is 7.44. The van der Waals surface area contributed by atoms with Crippen LogP contribution in [0, 0.1) is 0 Å². The van der Waals surface area contributed by atoms with Crippen molar-refractivity contribution in [2.75, 3.05) is 31.3 Å². The van der Waals surface area contributed by atoms with E-state index in [9.17, 15) is 0 Å². The van der Waals surface area contributed by atoms with E-state index in [2.05, 4.69) is 107 Å². The minimum atomic E-state index is -2.26. The van der Waals surface area contributed by atoms with Crippen LogP contribution in [0.15, 0.2) is 47.9 Å². The molecule has 1 fully saturated rings. The van der Waals surface area contributed by atoms with Crippen LogP contribution in [0.2, 0.25) is 0 Å². The van der Waals surface area contributed by atoms with Crippen molar-refractivity contribution in [2.24, 2.45) is 0 Å². The van der Waals surface area contributed by atoms with Crippen LogP contribution in [0.3, 0.4) is 0 Å². The second-order valence-corrected chi connectivity index (χ2v) is 69.9. The molecule has 0 unspecified atom stereocenters. The van der Waals surface area contributed by atoms with E-state index in [1.54, 1.807) is 0 Å². The molecule has 0 aromatic heterocycles. The highest BCUT2D eigenvalue weighted by Gasteiger charge is 2.81. The van der Waals surface area contributed by atoms with Gasteiger partial charge in [-0.3, -0.25) is 0 Å². The van der Waals surface area contributed by atoms with E-state index >= 15 is 0 Å². The Hall–Kier alpha value is 2.59. The van der Waals surface area contributed by atoms with Crippen molar-refractivity contribution in [3.8, 4) is 0 Å². The summed E-state index contributed by atoms with van der Waals surface area (Å²) in [6.45, 7) is 16.4. The van der Waals surface area contributed by atoms with Gasteiger partial charge in [0.05, 0.1) is 0 Å². The van der Waals surface area contributed by atoms with Gasteiger partial charge in [0.1, 0.15) is 0 Å². The molecule has 1 aliphatic heterocycles. The molecule has 13 heteroatoms. The quantitative estimate of drug-likeness (QED) is 0.228. The summed E-state index contributed by atoms with van der Waals surface area (Å²) >= 11 is 16.4. The maximum absolute atomic E-state index is 7.00. The van der Waals surface area contributed by atoms with Gasteiger partial charge in [0.15, 0.2) is 0 Å². The van der Waals surface area contributed by atoms with Crippen molar-refractivity contribution >= 4 is 113 Å². The highest BCUT2D eigenvalue weighted by molar-refractivity contribution is 9.03. The monoisotopic (exact) mass is 566 g/mol. The minimum absolute atomic E-state index is 0.932. The van der Waals surface area contributed by atoms with Crippen LogP contribution in [0.25, 0.3) is 0 Å². The summed E-state index contributed by atoms with van der Waals surface area (Å²) in [6, 6.07) is 0. The second-order valence-electron chi connectivity index (χ2n) is 4.79. The van der Waals surface area contributed by atoms with Crippen LogP contribution in [0.4, 0.5) is 0 Å². The highest BCUT2D eigenvalue weighted by atomic mass is 32.8. The van der Waals surface area contributed by atoms with Crippen molar-refractivity contribution in [1.82, 2.24) is 0 Å². The maximum atomic E-state index is 7.00. The number of hydrogen-bond acceptors (Lipinski definition) is 9. The standard InChI is InChI=1S/C13H26OS8Si4/c1-9-19-24(20-10-2)14-13-23(15-5,16-6)25(17-7,18-8)26(24,21-11-3)22-12-4/h9-12H,1-4,13H2,5-8H3. The summed E-state index contributed by atoms with van der Waals surface area (Å²) in [4.78, 5) is 0. The Bertz CT molecular complexity index is 506. The van der Waals surface area contributed by atoms with Crippen LogP contribution in [-0.4, -0.2) is 54.1 Å². The molecule has 0 saturated carbocycles. The van der Waals surface area contributed by atoms with Crippen molar-refractivity contribution in [3.63, 3.8) is 0 Å². The van der Waals surface area contributed by atoms with E-state index in [1.807, 2.05) is 55.7 Å². The SMILES string of the molecule is C=CS[Si]1(SC=C)OC[Si](SC)(SC)[Si](SC)(SC)[Si]1(SC=C)SC=C. The molecule has 0 bridgehead atoms. The van der Waals surface area contributed by atoms with Gasteiger partial charge in [0.25, 0.3) is 0 Å². The van der Waals surface area contributed by atoms with Crippen molar-refractivity contribution in [3.05, 3.63) is 47.9 Å². The van der Waals surface area contributed by atoms with Gasteiger partial charge in [-0.25, -0.2) is 0 Å².